The van der Waals surface area contributed by atoms with Gasteiger partial charge in [0.05, 0.1) is 7.11 Å². The molecule has 0 N–H and O–H groups in total. The summed E-state index contributed by atoms with van der Waals surface area (Å²) >= 11 is 0. The molecular weight excluding hydrogens is 242 g/mol. The van der Waals surface area contributed by atoms with Gasteiger partial charge in [-0.25, -0.2) is 0 Å². The molecule has 0 amide bonds. The van der Waals surface area contributed by atoms with Crippen LogP contribution in [0.25, 0.3) is 0 Å². The van der Waals surface area contributed by atoms with Crippen LogP contribution < -0.4 is 0 Å². The second kappa shape index (κ2) is 4.05. The average molecular weight is 265 g/mol. The molecule has 2 saturated heterocycles. The van der Waals surface area contributed by atoms with Crippen LogP contribution in [-0.2, 0) is 14.3 Å². The van der Waals surface area contributed by atoms with Crippen molar-refractivity contribution in [3.8, 4) is 0 Å². The number of piperidine rings is 1. The summed E-state index contributed by atoms with van der Waals surface area (Å²) in [6, 6.07) is 0. The minimum absolute atomic E-state index is 0.0985. The predicted molar refractivity (Wildman–Crippen MR) is 70.6 cm³/mol. The van der Waals surface area contributed by atoms with Gasteiger partial charge in [0.15, 0.2) is 0 Å². The molecule has 0 aromatic rings. The van der Waals surface area contributed by atoms with Gasteiger partial charge in [-0.15, -0.1) is 0 Å². The maximum absolute atomic E-state index is 12.3. The Kier molecular flexibility index (Phi) is 2.79. The number of fused-ring (bicyclic) bond motifs is 2. The predicted octanol–water partition coefficient (Wildman–Crippen LogP) is 1.63. The normalized spacial score (nSPS) is 40.9. The molecule has 1 unspecified atom stereocenters. The van der Waals surface area contributed by atoms with Gasteiger partial charge < -0.3 is 4.74 Å². The molecule has 2 heterocycles. The van der Waals surface area contributed by atoms with Gasteiger partial charge in [-0.05, 0) is 37.6 Å². The van der Waals surface area contributed by atoms with Crippen molar-refractivity contribution in [2.24, 2.45) is 17.3 Å². The van der Waals surface area contributed by atoms with Crippen LogP contribution in [0.4, 0.5) is 0 Å². The molecule has 3 fully saturated rings. The van der Waals surface area contributed by atoms with E-state index in [2.05, 4.69) is 18.7 Å². The number of ether oxygens (including phenoxy) is 1. The summed E-state index contributed by atoms with van der Waals surface area (Å²) in [7, 11) is 1.48. The molecule has 0 radical (unpaired) electrons. The van der Waals surface area contributed by atoms with Gasteiger partial charge in [-0.1, -0.05) is 13.8 Å². The number of nitrogens with zero attached hydrogens (tertiary/aromatic N) is 1. The molecular formula is C15H23NO3. The first-order chi connectivity index (χ1) is 8.91. The van der Waals surface area contributed by atoms with Gasteiger partial charge in [0.1, 0.15) is 11.3 Å². The Labute approximate surface area is 114 Å². The van der Waals surface area contributed by atoms with Crippen molar-refractivity contribution in [2.45, 2.75) is 45.1 Å². The standard InChI is InChI=1S/C15H23NO3/c1-14(2)11-8-15(13(18)19-3)5-4-6-16(15)9-10(11)7-12(14)17/h10-11H,4-9H2,1-3H3/t10?,11-,15+/m1/s1. The largest absolute Gasteiger partial charge is 0.468 e. The van der Waals surface area contributed by atoms with E-state index in [4.69, 9.17) is 4.74 Å². The highest BCUT2D eigenvalue weighted by Crippen LogP contribution is 2.54. The van der Waals surface area contributed by atoms with Gasteiger partial charge >= 0.3 is 5.97 Å². The van der Waals surface area contributed by atoms with Gasteiger partial charge in [0.25, 0.3) is 0 Å². The van der Waals surface area contributed by atoms with Gasteiger partial charge in [-0.2, -0.15) is 0 Å². The monoisotopic (exact) mass is 265 g/mol. The molecule has 2 aliphatic heterocycles. The average Bonchev–Trinajstić information content (AvgIpc) is 2.88. The fraction of sp³-hybridized carbons (Fsp3) is 0.867. The Bertz CT molecular complexity index is 431. The maximum Gasteiger partial charge on any atom is 0.326 e. The summed E-state index contributed by atoms with van der Waals surface area (Å²) in [5, 5.41) is 0. The van der Waals surface area contributed by atoms with E-state index >= 15 is 0 Å². The summed E-state index contributed by atoms with van der Waals surface area (Å²) < 4.78 is 5.07. The third-order valence-electron chi connectivity index (χ3n) is 5.86. The minimum atomic E-state index is -0.447. The first kappa shape index (κ1) is 13.1. The Morgan fingerprint density at radius 3 is 2.84 bits per heavy atom. The molecule has 0 spiro atoms. The molecule has 106 valence electrons. The quantitative estimate of drug-likeness (QED) is 0.676. The third-order valence-corrected chi connectivity index (χ3v) is 5.86. The van der Waals surface area contributed by atoms with Gasteiger partial charge in [0, 0.05) is 18.4 Å². The van der Waals surface area contributed by atoms with Crippen molar-refractivity contribution >= 4 is 11.8 Å². The van der Waals surface area contributed by atoms with Crippen LogP contribution >= 0.6 is 0 Å². The summed E-state index contributed by atoms with van der Waals surface area (Å²) in [4.78, 5) is 26.8. The lowest BCUT2D eigenvalue weighted by Crippen LogP contribution is -2.58. The van der Waals surface area contributed by atoms with E-state index in [0.717, 1.165) is 32.4 Å². The zero-order valence-corrected chi connectivity index (χ0v) is 12.1. The number of esters is 1. The molecule has 4 nitrogen and oxygen atoms in total. The van der Waals surface area contributed by atoms with E-state index in [-0.39, 0.29) is 11.4 Å². The minimum Gasteiger partial charge on any atom is -0.468 e. The van der Waals surface area contributed by atoms with Gasteiger partial charge in [0.2, 0.25) is 0 Å². The maximum atomic E-state index is 12.3. The van der Waals surface area contributed by atoms with Crippen molar-refractivity contribution in [1.29, 1.82) is 0 Å². The number of carbonyl (C=O) groups excluding carboxylic acids is 2. The molecule has 1 aliphatic carbocycles. The lowest BCUT2D eigenvalue weighted by Gasteiger charge is -2.47. The third kappa shape index (κ3) is 1.62. The lowest BCUT2D eigenvalue weighted by molar-refractivity contribution is -0.159. The Balaban J connectivity index is 1.95. The number of hydrogen-bond acceptors (Lipinski definition) is 4. The van der Waals surface area contributed by atoms with Crippen LogP contribution in [0.1, 0.15) is 39.5 Å². The topological polar surface area (TPSA) is 46.6 Å². The molecule has 1 saturated carbocycles. The van der Waals surface area contributed by atoms with Crippen LogP contribution in [0, 0.1) is 17.3 Å². The second-order valence-corrected chi connectivity index (χ2v) is 6.99. The van der Waals surface area contributed by atoms with Gasteiger partial charge in [-0.3, -0.25) is 14.5 Å². The molecule has 0 bridgehead atoms. The number of rotatable bonds is 1. The molecule has 3 atom stereocenters. The Morgan fingerprint density at radius 1 is 1.42 bits per heavy atom. The molecule has 0 aromatic carbocycles. The fourth-order valence-corrected chi connectivity index (χ4v) is 4.64. The number of hydrogen-bond donors (Lipinski definition) is 0. The highest BCUT2D eigenvalue weighted by Gasteiger charge is 2.60. The van der Waals surface area contributed by atoms with E-state index in [1.807, 2.05) is 0 Å². The lowest BCUT2D eigenvalue weighted by atomic mass is 9.68. The first-order valence-electron chi connectivity index (χ1n) is 7.28. The van der Waals surface area contributed by atoms with Crippen LogP contribution in [-0.4, -0.2) is 42.4 Å². The van der Waals surface area contributed by atoms with E-state index in [9.17, 15) is 9.59 Å². The smallest absolute Gasteiger partial charge is 0.326 e. The number of ketones is 1. The van der Waals surface area contributed by atoms with Crippen LogP contribution in [0.3, 0.4) is 0 Å². The molecule has 0 aromatic heterocycles. The van der Waals surface area contributed by atoms with Crippen LogP contribution in [0.2, 0.25) is 0 Å². The van der Waals surface area contributed by atoms with Crippen LogP contribution in [0.5, 0.6) is 0 Å². The van der Waals surface area contributed by atoms with E-state index in [1.54, 1.807) is 0 Å². The fourth-order valence-electron chi connectivity index (χ4n) is 4.64. The van der Waals surface area contributed by atoms with Crippen LogP contribution in [0.15, 0.2) is 0 Å². The summed E-state index contributed by atoms with van der Waals surface area (Å²) in [6.45, 7) is 5.95. The molecule has 3 rings (SSSR count). The van der Waals surface area contributed by atoms with E-state index in [1.165, 1.54) is 7.11 Å². The summed E-state index contributed by atoms with van der Waals surface area (Å²) in [5.74, 6) is 1.02. The first-order valence-corrected chi connectivity index (χ1v) is 7.28. The van der Waals surface area contributed by atoms with E-state index in [0.29, 0.717) is 24.0 Å². The van der Waals surface area contributed by atoms with Crippen molar-refractivity contribution in [3.05, 3.63) is 0 Å². The zero-order chi connectivity index (χ0) is 13.8. The molecule has 3 aliphatic rings. The summed E-state index contributed by atoms with van der Waals surface area (Å²) in [6.07, 6.45) is 3.42. The Morgan fingerprint density at radius 2 is 2.16 bits per heavy atom. The molecule has 19 heavy (non-hydrogen) atoms. The Hall–Kier alpha value is -0.900. The van der Waals surface area contributed by atoms with Crippen molar-refractivity contribution < 1.29 is 14.3 Å². The zero-order valence-electron chi connectivity index (χ0n) is 12.1. The van der Waals surface area contributed by atoms with Crippen molar-refractivity contribution in [3.63, 3.8) is 0 Å². The SMILES string of the molecule is COC(=O)[C@@]12CCCN1CC1CC(=O)C(C)(C)[C@@H]1C2. The summed E-state index contributed by atoms with van der Waals surface area (Å²) in [5.41, 5.74) is -0.724. The highest BCUT2D eigenvalue weighted by molar-refractivity contribution is 5.88. The number of carbonyl (C=O) groups is 2. The highest BCUT2D eigenvalue weighted by atomic mass is 16.5. The van der Waals surface area contributed by atoms with Crippen molar-refractivity contribution in [2.75, 3.05) is 20.2 Å². The second-order valence-electron chi connectivity index (χ2n) is 6.99. The number of Topliss-reactive ketones (excluding diaryl/α,β-unsaturated/α-hetero) is 1. The molecule has 4 heteroatoms. The van der Waals surface area contributed by atoms with E-state index < -0.39 is 5.54 Å². The van der Waals surface area contributed by atoms with Crippen molar-refractivity contribution in [1.82, 2.24) is 4.90 Å². The number of methoxy groups -OCH3 is 1.